The van der Waals surface area contributed by atoms with E-state index in [1.54, 1.807) is 0 Å². The SMILES string of the molecule is CN(c1ccccc1)c1ccccc1P(Cl)Cl. The van der Waals surface area contributed by atoms with E-state index in [-0.39, 0.29) is 0 Å². The molecule has 0 unspecified atom stereocenters. The van der Waals surface area contributed by atoms with E-state index in [1.807, 2.05) is 49.5 Å². The molecule has 0 atom stereocenters. The van der Waals surface area contributed by atoms with Crippen LogP contribution >= 0.6 is 29.1 Å². The van der Waals surface area contributed by atoms with Crippen LogP contribution in [0, 0.1) is 0 Å². The van der Waals surface area contributed by atoms with E-state index in [9.17, 15) is 0 Å². The van der Waals surface area contributed by atoms with Gasteiger partial charge in [0.15, 0.2) is 0 Å². The lowest BCUT2D eigenvalue weighted by Gasteiger charge is -2.22. The molecular formula is C13H12Cl2NP. The lowest BCUT2D eigenvalue weighted by atomic mass is 10.2. The van der Waals surface area contributed by atoms with E-state index in [1.165, 1.54) is 0 Å². The number of para-hydroxylation sites is 2. The van der Waals surface area contributed by atoms with Crippen molar-refractivity contribution in [3.63, 3.8) is 0 Å². The molecule has 0 aliphatic heterocycles. The summed E-state index contributed by atoms with van der Waals surface area (Å²) >= 11 is 12.1. The highest BCUT2D eigenvalue weighted by Crippen LogP contribution is 2.48. The van der Waals surface area contributed by atoms with Gasteiger partial charge in [0.2, 0.25) is 0 Å². The van der Waals surface area contributed by atoms with E-state index in [2.05, 4.69) is 17.0 Å². The molecule has 0 aliphatic carbocycles. The number of hydrogen-bond acceptors (Lipinski definition) is 1. The summed E-state index contributed by atoms with van der Waals surface area (Å²) in [7, 11) is 2.01. The molecule has 0 saturated carbocycles. The third-order valence-electron chi connectivity index (χ3n) is 2.57. The van der Waals surface area contributed by atoms with Crippen molar-refractivity contribution in [1.29, 1.82) is 0 Å². The Balaban J connectivity index is 2.41. The van der Waals surface area contributed by atoms with E-state index in [4.69, 9.17) is 22.5 Å². The van der Waals surface area contributed by atoms with Crippen molar-refractivity contribution in [1.82, 2.24) is 0 Å². The first kappa shape index (κ1) is 12.7. The van der Waals surface area contributed by atoms with Gasteiger partial charge in [0.1, 0.15) is 6.63 Å². The third-order valence-corrected chi connectivity index (χ3v) is 4.40. The molecule has 4 heteroatoms. The van der Waals surface area contributed by atoms with Crippen molar-refractivity contribution >= 4 is 45.8 Å². The second-order valence-corrected chi connectivity index (χ2v) is 7.11. The first-order valence-electron chi connectivity index (χ1n) is 5.19. The molecule has 0 saturated heterocycles. The number of rotatable bonds is 3. The van der Waals surface area contributed by atoms with Crippen LogP contribution in [0.15, 0.2) is 54.6 Å². The number of benzene rings is 2. The normalized spacial score (nSPS) is 10.6. The first-order chi connectivity index (χ1) is 8.20. The molecule has 0 amide bonds. The zero-order valence-electron chi connectivity index (χ0n) is 9.35. The number of halogens is 2. The molecule has 17 heavy (non-hydrogen) atoms. The molecular weight excluding hydrogens is 272 g/mol. The maximum absolute atomic E-state index is 6.04. The molecule has 0 aromatic heterocycles. The predicted molar refractivity (Wildman–Crippen MR) is 79.2 cm³/mol. The standard InChI is InChI=1S/C13H12Cl2NP/c1-16(11-7-3-2-4-8-11)12-9-5-6-10-13(12)17(14)15/h2-10H,1H3. The second kappa shape index (κ2) is 5.73. The Morgan fingerprint density at radius 1 is 0.882 bits per heavy atom. The maximum Gasteiger partial charge on any atom is 0.119 e. The van der Waals surface area contributed by atoms with Crippen molar-refractivity contribution in [2.45, 2.75) is 0 Å². The Morgan fingerprint density at radius 3 is 2.12 bits per heavy atom. The molecule has 0 fully saturated rings. The number of nitrogens with zero attached hydrogens (tertiary/aromatic N) is 1. The molecule has 1 nitrogen and oxygen atoms in total. The minimum absolute atomic E-state index is 0.984. The highest BCUT2D eigenvalue weighted by Gasteiger charge is 2.13. The molecule has 0 N–H and O–H groups in total. The van der Waals surface area contributed by atoms with E-state index in [0.717, 1.165) is 16.7 Å². The van der Waals surface area contributed by atoms with Gasteiger partial charge in [-0.2, -0.15) is 0 Å². The smallest absolute Gasteiger partial charge is 0.119 e. The molecule has 2 aromatic rings. The average molecular weight is 284 g/mol. The summed E-state index contributed by atoms with van der Waals surface area (Å²) in [5.41, 5.74) is 2.17. The molecule has 88 valence electrons. The van der Waals surface area contributed by atoms with Gasteiger partial charge in [-0.1, -0.05) is 58.9 Å². The minimum Gasteiger partial charge on any atom is -0.344 e. The van der Waals surface area contributed by atoms with Gasteiger partial charge in [0.05, 0.1) is 5.69 Å². The van der Waals surface area contributed by atoms with Gasteiger partial charge in [0.25, 0.3) is 0 Å². The average Bonchev–Trinajstić information content (AvgIpc) is 2.39. The largest absolute Gasteiger partial charge is 0.344 e. The van der Waals surface area contributed by atoms with Crippen molar-refractivity contribution in [2.24, 2.45) is 0 Å². The van der Waals surface area contributed by atoms with Crippen LogP contribution in [-0.2, 0) is 0 Å². The molecule has 2 rings (SSSR count). The summed E-state index contributed by atoms with van der Waals surface area (Å²) < 4.78 is 0. The fourth-order valence-electron chi connectivity index (χ4n) is 1.68. The van der Waals surface area contributed by atoms with Crippen molar-refractivity contribution < 1.29 is 0 Å². The van der Waals surface area contributed by atoms with E-state index in [0.29, 0.717) is 0 Å². The van der Waals surface area contributed by atoms with Gasteiger partial charge >= 0.3 is 0 Å². The summed E-state index contributed by atoms with van der Waals surface area (Å²) in [4.78, 5) is 2.09. The van der Waals surface area contributed by atoms with Crippen LogP contribution in [0.5, 0.6) is 0 Å². The predicted octanol–water partition coefficient (Wildman–Crippen LogP) is 4.87. The van der Waals surface area contributed by atoms with Gasteiger partial charge in [0, 0.05) is 18.0 Å². The van der Waals surface area contributed by atoms with Crippen LogP contribution in [0.2, 0.25) is 0 Å². The zero-order chi connectivity index (χ0) is 12.3. The monoisotopic (exact) mass is 283 g/mol. The third kappa shape index (κ3) is 2.93. The highest BCUT2D eigenvalue weighted by atomic mass is 35.9. The fraction of sp³-hybridized carbons (Fsp3) is 0.0769. The van der Waals surface area contributed by atoms with Crippen LogP contribution < -0.4 is 10.2 Å². The van der Waals surface area contributed by atoms with Crippen LogP contribution in [0.3, 0.4) is 0 Å². The van der Waals surface area contributed by atoms with Crippen LogP contribution in [0.25, 0.3) is 0 Å². The molecule has 2 aromatic carbocycles. The van der Waals surface area contributed by atoms with Crippen molar-refractivity contribution in [3.05, 3.63) is 54.6 Å². The second-order valence-electron chi connectivity index (χ2n) is 3.62. The Bertz CT molecular complexity index is 488. The summed E-state index contributed by atoms with van der Waals surface area (Å²) in [5, 5.41) is 0.984. The van der Waals surface area contributed by atoms with Crippen LogP contribution in [0.1, 0.15) is 0 Å². The van der Waals surface area contributed by atoms with Gasteiger partial charge < -0.3 is 4.90 Å². The lowest BCUT2D eigenvalue weighted by molar-refractivity contribution is 1.22. The number of hydrogen-bond donors (Lipinski definition) is 0. The summed E-state index contributed by atoms with van der Waals surface area (Å²) in [5.74, 6) is 0. The molecule has 0 spiro atoms. The Kier molecular flexibility index (Phi) is 4.28. The Hall–Kier alpha value is -0.750. The van der Waals surface area contributed by atoms with Crippen molar-refractivity contribution in [3.8, 4) is 0 Å². The van der Waals surface area contributed by atoms with Crippen molar-refractivity contribution in [2.75, 3.05) is 11.9 Å². The zero-order valence-corrected chi connectivity index (χ0v) is 11.8. The fourth-order valence-corrected chi connectivity index (χ4v) is 3.14. The maximum atomic E-state index is 6.04. The minimum atomic E-state index is -1.14. The highest BCUT2D eigenvalue weighted by molar-refractivity contribution is 8.09. The molecule has 0 aliphatic rings. The quantitative estimate of drug-likeness (QED) is 0.727. The summed E-state index contributed by atoms with van der Waals surface area (Å²) in [6.07, 6.45) is 0. The molecule has 0 bridgehead atoms. The van der Waals surface area contributed by atoms with Gasteiger partial charge in [-0.3, -0.25) is 0 Å². The Morgan fingerprint density at radius 2 is 1.47 bits per heavy atom. The summed E-state index contributed by atoms with van der Waals surface area (Å²) in [6, 6.07) is 18.1. The molecule has 0 heterocycles. The number of anilines is 2. The van der Waals surface area contributed by atoms with E-state index >= 15 is 0 Å². The van der Waals surface area contributed by atoms with Gasteiger partial charge in [-0.15, -0.1) is 0 Å². The topological polar surface area (TPSA) is 3.24 Å². The van der Waals surface area contributed by atoms with Crippen LogP contribution in [0.4, 0.5) is 11.4 Å². The lowest BCUT2D eigenvalue weighted by Crippen LogP contribution is -2.16. The first-order valence-corrected chi connectivity index (χ1v) is 8.35. The van der Waals surface area contributed by atoms with Gasteiger partial charge in [-0.05, 0) is 18.2 Å². The van der Waals surface area contributed by atoms with Crippen LogP contribution in [-0.4, -0.2) is 7.05 Å². The molecule has 0 radical (unpaired) electrons. The summed E-state index contributed by atoms with van der Waals surface area (Å²) in [6.45, 7) is -1.14. The van der Waals surface area contributed by atoms with E-state index < -0.39 is 6.63 Å². The van der Waals surface area contributed by atoms with Gasteiger partial charge in [-0.25, -0.2) is 0 Å². The Labute approximate surface area is 112 Å².